The fraction of sp³-hybridized carbons (Fsp3) is 0.923. The van der Waals surface area contributed by atoms with Crippen molar-refractivity contribution in [2.45, 2.75) is 53.5 Å². The van der Waals surface area contributed by atoms with Crippen molar-refractivity contribution in [2.24, 2.45) is 16.3 Å². The summed E-state index contributed by atoms with van der Waals surface area (Å²) in [5.74, 6) is 1.80. The second kappa shape index (κ2) is 4.99. The Labute approximate surface area is 105 Å². The molecule has 2 nitrogen and oxygen atoms in total. The zero-order chi connectivity index (χ0) is 12.4. The number of thioether (sulfide) groups is 1. The van der Waals surface area contributed by atoms with Gasteiger partial charge in [-0.3, -0.25) is 4.99 Å². The molecule has 16 heavy (non-hydrogen) atoms. The van der Waals surface area contributed by atoms with Crippen LogP contribution in [0.2, 0.25) is 0 Å². The van der Waals surface area contributed by atoms with Crippen LogP contribution in [0.25, 0.3) is 0 Å². The third-order valence-electron chi connectivity index (χ3n) is 3.40. The van der Waals surface area contributed by atoms with Crippen molar-refractivity contribution in [1.29, 1.82) is 0 Å². The van der Waals surface area contributed by atoms with Gasteiger partial charge < -0.3 is 5.32 Å². The summed E-state index contributed by atoms with van der Waals surface area (Å²) in [6, 6.07) is 0. The molecule has 1 heterocycles. The van der Waals surface area contributed by atoms with Gasteiger partial charge >= 0.3 is 0 Å². The Morgan fingerprint density at radius 2 is 2.06 bits per heavy atom. The zero-order valence-electron chi connectivity index (χ0n) is 11.6. The van der Waals surface area contributed by atoms with Gasteiger partial charge in [0.15, 0.2) is 5.17 Å². The molecule has 0 bridgehead atoms. The first-order valence-corrected chi connectivity index (χ1v) is 7.15. The van der Waals surface area contributed by atoms with Crippen molar-refractivity contribution in [3.63, 3.8) is 0 Å². The number of hydrogen-bond acceptors (Lipinski definition) is 2. The monoisotopic (exact) mass is 242 g/mol. The van der Waals surface area contributed by atoms with E-state index < -0.39 is 0 Å². The van der Waals surface area contributed by atoms with Crippen molar-refractivity contribution >= 4 is 16.9 Å². The molecule has 1 N–H and O–H groups in total. The SMILES string of the molecule is CC(CN=C1NC(C)(C)CCS1)C(C)(C)C. The number of rotatable bonds is 2. The minimum Gasteiger partial charge on any atom is -0.360 e. The van der Waals surface area contributed by atoms with Gasteiger partial charge in [-0.05, 0) is 31.6 Å². The molecule has 0 radical (unpaired) electrons. The molecule has 1 saturated heterocycles. The van der Waals surface area contributed by atoms with Crippen molar-refractivity contribution in [3.05, 3.63) is 0 Å². The van der Waals surface area contributed by atoms with Crippen LogP contribution in [0.1, 0.15) is 48.0 Å². The van der Waals surface area contributed by atoms with E-state index in [2.05, 4.69) is 46.9 Å². The summed E-state index contributed by atoms with van der Waals surface area (Å²) in [6.07, 6.45) is 1.21. The van der Waals surface area contributed by atoms with E-state index in [0.717, 1.165) is 11.7 Å². The Hall–Kier alpha value is -0.180. The fourth-order valence-electron chi connectivity index (χ4n) is 1.37. The van der Waals surface area contributed by atoms with Crippen molar-refractivity contribution in [3.8, 4) is 0 Å². The molecule has 3 heteroatoms. The van der Waals surface area contributed by atoms with E-state index in [1.807, 2.05) is 11.8 Å². The molecule has 0 aromatic rings. The third-order valence-corrected chi connectivity index (χ3v) is 4.31. The normalized spacial score (nSPS) is 25.2. The molecule has 1 aliphatic heterocycles. The van der Waals surface area contributed by atoms with Gasteiger partial charge in [0.1, 0.15) is 0 Å². The first kappa shape index (κ1) is 13.9. The molecule has 1 aliphatic rings. The highest BCUT2D eigenvalue weighted by Crippen LogP contribution is 2.26. The fourth-order valence-corrected chi connectivity index (χ4v) is 2.69. The summed E-state index contributed by atoms with van der Waals surface area (Å²) in [4.78, 5) is 4.71. The van der Waals surface area contributed by atoms with Gasteiger partial charge in [-0.1, -0.05) is 39.5 Å². The Morgan fingerprint density at radius 1 is 1.44 bits per heavy atom. The van der Waals surface area contributed by atoms with E-state index in [4.69, 9.17) is 4.99 Å². The minimum absolute atomic E-state index is 0.217. The summed E-state index contributed by atoms with van der Waals surface area (Å²) in [6.45, 7) is 14.5. The summed E-state index contributed by atoms with van der Waals surface area (Å²) in [5, 5.41) is 4.64. The average molecular weight is 242 g/mol. The highest BCUT2D eigenvalue weighted by Gasteiger charge is 2.25. The maximum atomic E-state index is 4.71. The number of nitrogens with zero attached hydrogens (tertiary/aromatic N) is 1. The number of nitrogens with one attached hydrogen (secondary N) is 1. The van der Waals surface area contributed by atoms with Crippen LogP contribution >= 0.6 is 11.8 Å². The van der Waals surface area contributed by atoms with Crippen molar-refractivity contribution < 1.29 is 0 Å². The number of hydrogen-bond donors (Lipinski definition) is 1. The molecular formula is C13H26N2S. The van der Waals surface area contributed by atoms with Gasteiger partial charge in [0, 0.05) is 17.8 Å². The van der Waals surface area contributed by atoms with Gasteiger partial charge in [0.2, 0.25) is 0 Å². The predicted molar refractivity (Wildman–Crippen MR) is 75.2 cm³/mol. The van der Waals surface area contributed by atoms with Crippen molar-refractivity contribution in [2.75, 3.05) is 12.3 Å². The maximum absolute atomic E-state index is 4.71. The van der Waals surface area contributed by atoms with E-state index >= 15 is 0 Å². The van der Waals surface area contributed by atoms with Crippen LogP contribution < -0.4 is 5.32 Å². The Bertz CT molecular complexity index is 264. The van der Waals surface area contributed by atoms with Crippen molar-refractivity contribution in [1.82, 2.24) is 5.32 Å². The van der Waals surface area contributed by atoms with Crippen LogP contribution in [0.4, 0.5) is 0 Å². The van der Waals surface area contributed by atoms with Crippen LogP contribution in [0.15, 0.2) is 4.99 Å². The number of aliphatic imine (C=N–C) groups is 1. The van der Waals surface area contributed by atoms with Gasteiger partial charge in [-0.25, -0.2) is 0 Å². The molecule has 94 valence electrons. The van der Waals surface area contributed by atoms with Crippen LogP contribution in [0.3, 0.4) is 0 Å². The third kappa shape index (κ3) is 4.36. The second-order valence-electron chi connectivity index (χ2n) is 6.52. The highest BCUT2D eigenvalue weighted by atomic mass is 32.2. The second-order valence-corrected chi connectivity index (χ2v) is 7.60. The lowest BCUT2D eigenvalue weighted by molar-refractivity contribution is 0.269. The molecule has 0 amide bonds. The van der Waals surface area contributed by atoms with Gasteiger partial charge in [-0.2, -0.15) is 0 Å². The molecule has 1 rings (SSSR count). The van der Waals surface area contributed by atoms with E-state index in [-0.39, 0.29) is 5.54 Å². The summed E-state index contributed by atoms with van der Waals surface area (Å²) >= 11 is 1.86. The van der Waals surface area contributed by atoms with E-state index in [1.54, 1.807) is 0 Å². The quantitative estimate of drug-likeness (QED) is 0.801. The molecule has 1 unspecified atom stereocenters. The number of amidine groups is 1. The minimum atomic E-state index is 0.217. The summed E-state index contributed by atoms with van der Waals surface area (Å²) in [7, 11) is 0. The lowest BCUT2D eigenvalue weighted by Gasteiger charge is -2.33. The Morgan fingerprint density at radius 3 is 2.56 bits per heavy atom. The standard InChI is InChI=1S/C13H26N2S/c1-10(12(2,3)4)9-14-11-15-13(5,6)7-8-16-11/h10H,7-9H2,1-6H3,(H,14,15). The average Bonchev–Trinajstić information content (AvgIpc) is 2.11. The van der Waals surface area contributed by atoms with Crippen LogP contribution in [-0.4, -0.2) is 23.0 Å². The van der Waals surface area contributed by atoms with Gasteiger partial charge in [0.05, 0.1) is 0 Å². The van der Waals surface area contributed by atoms with Crippen LogP contribution in [0.5, 0.6) is 0 Å². The topological polar surface area (TPSA) is 24.4 Å². The maximum Gasteiger partial charge on any atom is 0.156 e. The Kier molecular flexibility index (Phi) is 4.33. The summed E-state index contributed by atoms with van der Waals surface area (Å²) < 4.78 is 0. The zero-order valence-corrected chi connectivity index (χ0v) is 12.4. The van der Waals surface area contributed by atoms with E-state index in [1.165, 1.54) is 12.2 Å². The predicted octanol–water partition coefficient (Wildman–Crippen LogP) is 3.53. The molecule has 0 aromatic heterocycles. The summed E-state index contributed by atoms with van der Waals surface area (Å²) in [5.41, 5.74) is 0.563. The molecule has 0 saturated carbocycles. The molecule has 0 aliphatic carbocycles. The van der Waals surface area contributed by atoms with Gasteiger partial charge in [-0.15, -0.1) is 0 Å². The molecule has 1 atom stereocenters. The lowest BCUT2D eigenvalue weighted by Crippen LogP contribution is -2.46. The van der Waals surface area contributed by atoms with Gasteiger partial charge in [0.25, 0.3) is 0 Å². The first-order chi connectivity index (χ1) is 7.21. The first-order valence-electron chi connectivity index (χ1n) is 6.16. The largest absolute Gasteiger partial charge is 0.360 e. The molecule has 1 fully saturated rings. The molecule has 0 spiro atoms. The highest BCUT2D eigenvalue weighted by molar-refractivity contribution is 8.13. The van der Waals surface area contributed by atoms with Crippen LogP contribution in [-0.2, 0) is 0 Å². The lowest BCUT2D eigenvalue weighted by atomic mass is 9.82. The van der Waals surface area contributed by atoms with E-state index in [9.17, 15) is 0 Å². The Balaban J connectivity index is 2.52. The smallest absolute Gasteiger partial charge is 0.156 e. The van der Waals surface area contributed by atoms with E-state index in [0.29, 0.717) is 11.3 Å². The molecule has 0 aromatic carbocycles. The molecular weight excluding hydrogens is 216 g/mol. The van der Waals surface area contributed by atoms with Crippen LogP contribution in [0, 0.1) is 11.3 Å².